The van der Waals surface area contributed by atoms with Crippen molar-refractivity contribution in [1.82, 2.24) is 0 Å². The van der Waals surface area contributed by atoms with Crippen LogP contribution in [-0.4, -0.2) is 0 Å². The third-order valence-corrected chi connectivity index (χ3v) is 7.98. The van der Waals surface area contributed by atoms with Gasteiger partial charge in [-0.25, -0.2) is 0 Å². The Morgan fingerprint density at radius 3 is 2.65 bits per heavy atom. The van der Waals surface area contributed by atoms with Crippen LogP contribution in [0.4, 0.5) is 0 Å². The van der Waals surface area contributed by atoms with Crippen LogP contribution in [0.15, 0.2) is 23.8 Å². The molecule has 5 unspecified atom stereocenters. The zero-order valence-electron chi connectivity index (χ0n) is 13.4. The first kappa shape index (κ1) is 13.2. The molecule has 3 saturated carbocycles. The summed E-state index contributed by atoms with van der Waals surface area (Å²) in [5.41, 5.74) is 4.47. The maximum atomic E-state index is 4.44. The van der Waals surface area contributed by atoms with E-state index in [1.54, 1.807) is 5.57 Å². The summed E-state index contributed by atoms with van der Waals surface area (Å²) in [6, 6.07) is 0. The molecular weight excluding hydrogens is 240 g/mol. The Bertz CT molecular complexity index is 470. The van der Waals surface area contributed by atoms with E-state index in [1.165, 1.54) is 57.8 Å². The van der Waals surface area contributed by atoms with Crippen molar-refractivity contribution in [2.45, 2.75) is 71.6 Å². The highest BCUT2D eigenvalue weighted by Gasteiger charge is 2.56. The summed E-state index contributed by atoms with van der Waals surface area (Å²) in [6.07, 6.45) is 15.3. The van der Waals surface area contributed by atoms with E-state index in [9.17, 15) is 0 Å². The van der Waals surface area contributed by atoms with Crippen molar-refractivity contribution in [3.05, 3.63) is 23.8 Å². The smallest absolute Gasteiger partial charge is 0.00853 e. The molecule has 3 fully saturated rings. The van der Waals surface area contributed by atoms with E-state index in [0.29, 0.717) is 10.8 Å². The van der Waals surface area contributed by atoms with E-state index in [2.05, 4.69) is 26.5 Å². The predicted octanol–water partition coefficient (Wildman–Crippen LogP) is 5.90. The largest absolute Gasteiger partial charge is 0.0993 e. The predicted molar refractivity (Wildman–Crippen MR) is 85.5 cm³/mol. The van der Waals surface area contributed by atoms with Crippen molar-refractivity contribution in [2.75, 3.05) is 0 Å². The average Bonchev–Trinajstić information content (AvgIpc) is 2.74. The molecular formula is C20H30. The fourth-order valence-electron chi connectivity index (χ4n) is 6.66. The minimum atomic E-state index is 0.493. The van der Waals surface area contributed by atoms with Gasteiger partial charge in [0.05, 0.1) is 0 Å². The molecule has 0 amide bonds. The van der Waals surface area contributed by atoms with Crippen LogP contribution >= 0.6 is 0 Å². The number of rotatable bonds is 0. The van der Waals surface area contributed by atoms with E-state index in [1.807, 2.05) is 5.57 Å². The quantitative estimate of drug-likeness (QED) is 0.481. The van der Waals surface area contributed by atoms with Crippen molar-refractivity contribution in [1.29, 1.82) is 0 Å². The summed E-state index contributed by atoms with van der Waals surface area (Å²) in [5, 5.41) is 0. The lowest BCUT2D eigenvalue weighted by atomic mass is 9.47. The highest BCUT2D eigenvalue weighted by atomic mass is 14.6. The number of hydrogen-bond donors (Lipinski definition) is 0. The van der Waals surface area contributed by atoms with E-state index >= 15 is 0 Å². The van der Waals surface area contributed by atoms with Gasteiger partial charge in [0.2, 0.25) is 0 Å². The molecule has 0 aromatic carbocycles. The number of fused-ring (bicyclic) bond motifs is 5. The fourth-order valence-corrected chi connectivity index (χ4v) is 6.66. The molecule has 0 heterocycles. The Labute approximate surface area is 124 Å². The molecule has 0 aliphatic heterocycles. The first-order valence-electron chi connectivity index (χ1n) is 8.93. The van der Waals surface area contributed by atoms with Crippen LogP contribution in [0.5, 0.6) is 0 Å². The maximum absolute atomic E-state index is 4.44. The molecule has 0 N–H and O–H groups in total. The van der Waals surface area contributed by atoms with Crippen molar-refractivity contribution >= 4 is 0 Å². The Kier molecular flexibility index (Phi) is 2.79. The highest BCUT2D eigenvalue weighted by Crippen LogP contribution is 2.66. The topological polar surface area (TPSA) is 0 Å². The summed E-state index contributed by atoms with van der Waals surface area (Å²) >= 11 is 0. The summed E-state index contributed by atoms with van der Waals surface area (Å²) in [7, 11) is 0. The van der Waals surface area contributed by atoms with Crippen molar-refractivity contribution in [3.63, 3.8) is 0 Å². The van der Waals surface area contributed by atoms with Gasteiger partial charge in [-0.15, -0.1) is 0 Å². The molecule has 4 aliphatic carbocycles. The van der Waals surface area contributed by atoms with Crippen molar-refractivity contribution in [3.8, 4) is 0 Å². The van der Waals surface area contributed by atoms with Gasteiger partial charge in [0.1, 0.15) is 0 Å². The molecule has 0 bridgehead atoms. The van der Waals surface area contributed by atoms with E-state index in [0.717, 1.165) is 17.8 Å². The molecule has 0 aromatic rings. The molecule has 0 nitrogen and oxygen atoms in total. The van der Waals surface area contributed by atoms with Crippen LogP contribution in [-0.2, 0) is 0 Å². The second-order valence-electron chi connectivity index (χ2n) is 8.55. The van der Waals surface area contributed by atoms with Gasteiger partial charge in [0.25, 0.3) is 0 Å². The van der Waals surface area contributed by atoms with Gasteiger partial charge in [-0.1, -0.05) is 37.6 Å². The lowest BCUT2D eigenvalue weighted by Crippen LogP contribution is -2.49. The second-order valence-corrected chi connectivity index (χ2v) is 8.55. The van der Waals surface area contributed by atoms with Crippen LogP contribution < -0.4 is 0 Å². The van der Waals surface area contributed by atoms with Gasteiger partial charge in [-0.3, -0.25) is 0 Å². The first-order chi connectivity index (χ1) is 9.56. The van der Waals surface area contributed by atoms with Gasteiger partial charge in [-0.2, -0.15) is 0 Å². The van der Waals surface area contributed by atoms with Gasteiger partial charge < -0.3 is 0 Å². The summed E-state index contributed by atoms with van der Waals surface area (Å²) in [6.45, 7) is 9.59. The zero-order valence-corrected chi connectivity index (χ0v) is 13.4. The molecule has 4 aliphatic rings. The molecule has 20 heavy (non-hydrogen) atoms. The van der Waals surface area contributed by atoms with E-state index in [4.69, 9.17) is 0 Å². The number of hydrogen-bond acceptors (Lipinski definition) is 0. The molecule has 0 saturated heterocycles. The molecule has 0 heteroatoms. The standard InChI is InChI=1S/C20H30/c1-14-7-10-17-16-9-8-15-6-4-5-12-20(15,3)18(16)11-13-19(14,17)2/h6,16-18H,1,4-5,7-13H2,2-3H3. The minimum absolute atomic E-state index is 0.493. The Morgan fingerprint density at radius 1 is 1.00 bits per heavy atom. The van der Waals surface area contributed by atoms with Crippen LogP contribution in [0, 0.1) is 28.6 Å². The third-order valence-electron chi connectivity index (χ3n) is 7.98. The summed E-state index contributed by atoms with van der Waals surface area (Å²) in [4.78, 5) is 0. The number of allylic oxidation sites excluding steroid dienone is 3. The molecule has 110 valence electrons. The van der Waals surface area contributed by atoms with Gasteiger partial charge in [-0.05, 0) is 86.4 Å². The van der Waals surface area contributed by atoms with Crippen LogP contribution in [0.2, 0.25) is 0 Å². The van der Waals surface area contributed by atoms with E-state index < -0.39 is 0 Å². The Morgan fingerprint density at radius 2 is 1.80 bits per heavy atom. The molecule has 0 spiro atoms. The van der Waals surface area contributed by atoms with Crippen molar-refractivity contribution < 1.29 is 0 Å². The van der Waals surface area contributed by atoms with Gasteiger partial charge >= 0.3 is 0 Å². The third kappa shape index (κ3) is 1.54. The van der Waals surface area contributed by atoms with Crippen molar-refractivity contribution in [2.24, 2.45) is 28.6 Å². The van der Waals surface area contributed by atoms with Gasteiger partial charge in [0.15, 0.2) is 0 Å². The lowest BCUT2D eigenvalue weighted by molar-refractivity contribution is -0.0253. The normalized spacial score (nSPS) is 51.0. The molecule has 5 atom stereocenters. The van der Waals surface area contributed by atoms with Crippen LogP contribution in [0.25, 0.3) is 0 Å². The monoisotopic (exact) mass is 270 g/mol. The Hall–Kier alpha value is -0.520. The van der Waals surface area contributed by atoms with Crippen LogP contribution in [0.3, 0.4) is 0 Å². The minimum Gasteiger partial charge on any atom is -0.0993 e. The summed E-state index contributed by atoms with van der Waals surface area (Å²) < 4.78 is 0. The summed E-state index contributed by atoms with van der Waals surface area (Å²) in [5.74, 6) is 2.93. The maximum Gasteiger partial charge on any atom is -0.00853 e. The van der Waals surface area contributed by atoms with Crippen LogP contribution in [0.1, 0.15) is 71.6 Å². The molecule has 0 aromatic heterocycles. The zero-order chi connectivity index (χ0) is 14.0. The lowest BCUT2D eigenvalue weighted by Gasteiger charge is -2.57. The average molecular weight is 270 g/mol. The Balaban J connectivity index is 1.70. The molecule has 4 rings (SSSR count). The first-order valence-corrected chi connectivity index (χ1v) is 8.93. The SMILES string of the molecule is C=C1CCC2C3CCC4=CCCCC4(C)C3CCC12C. The second kappa shape index (κ2) is 4.24. The highest BCUT2D eigenvalue weighted by molar-refractivity contribution is 5.27. The van der Waals surface area contributed by atoms with E-state index in [-0.39, 0.29) is 0 Å². The van der Waals surface area contributed by atoms with Gasteiger partial charge in [0, 0.05) is 0 Å². The fraction of sp³-hybridized carbons (Fsp3) is 0.800. The molecule has 0 radical (unpaired) electrons.